The fourth-order valence-corrected chi connectivity index (χ4v) is 4.05. The number of hydrogen-bond donors (Lipinski definition) is 3. The second-order valence-corrected chi connectivity index (χ2v) is 7.52. The smallest absolute Gasteiger partial charge is 0.273 e. The Morgan fingerprint density at radius 2 is 2.10 bits per heavy atom. The molecule has 0 aliphatic carbocycles. The molecule has 1 aromatic heterocycles. The van der Waals surface area contributed by atoms with E-state index in [2.05, 4.69) is 10.2 Å². The van der Waals surface area contributed by atoms with Crippen molar-refractivity contribution in [2.24, 2.45) is 0 Å². The van der Waals surface area contributed by atoms with Crippen LogP contribution >= 0.6 is 11.6 Å². The molecule has 7 nitrogen and oxygen atoms in total. The van der Waals surface area contributed by atoms with E-state index in [0.717, 1.165) is 11.1 Å². The molecule has 1 aliphatic heterocycles. The summed E-state index contributed by atoms with van der Waals surface area (Å²) in [5.74, 6) is 0.453. The molecule has 0 saturated carbocycles. The number of phenols is 1. The monoisotopic (exact) mass is 427 g/mol. The molecule has 1 amide bonds. The van der Waals surface area contributed by atoms with Crippen molar-refractivity contribution in [3.8, 4) is 22.8 Å². The number of β-amino-alcohol motifs (C(OH)–C–C–N with tert-alkyl or cyclic N) is 1. The van der Waals surface area contributed by atoms with Crippen molar-refractivity contribution in [2.45, 2.75) is 19.9 Å². The van der Waals surface area contributed by atoms with Gasteiger partial charge in [0.15, 0.2) is 0 Å². The Morgan fingerprint density at radius 3 is 2.83 bits per heavy atom. The molecular weight excluding hydrogens is 406 g/mol. The van der Waals surface area contributed by atoms with E-state index in [1.165, 1.54) is 0 Å². The molecule has 0 fully saturated rings. The highest BCUT2D eigenvalue weighted by molar-refractivity contribution is 6.31. The van der Waals surface area contributed by atoms with Crippen LogP contribution in [-0.4, -0.2) is 51.0 Å². The number of aryl methyl sites for hydroxylation is 1. The van der Waals surface area contributed by atoms with Gasteiger partial charge in [0, 0.05) is 22.7 Å². The first kappa shape index (κ1) is 20.3. The Balaban J connectivity index is 1.90. The van der Waals surface area contributed by atoms with Crippen molar-refractivity contribution in [1.29, 1.82) is 0 Å². The molecule has 0 spiro atoms. The highest BCUT2D eigenvalue weighted by Gasteiger charge is 2.42. The number of fused-ring (bicyclic) bond motifs is 1. The number of aliphatic hydroxyl groups excluding tert-OH is 1. The molecule has 0 bridgehead atoms. The third-order valence-electron chi connectivity index (χ3n) is 5.22. The predicted octanol–water partition coefficient (Wildman–Crippen LogP) is 3.68. The highest BCUT2D eigenvalue weighted by Crippen LogP contribution is 2.45. The number of carbonyl (C=O) groups excluding carboxylic acids is 1. The number of benzene rings is 2. The Morgan fingerprint density at radius 1 is 1.30 bits per heavy atom. The summed E-state index contributed by atoms with van der Waals surface area (Å²) in [5, 5.41) is 27.8. The quantitative estimate of drug-likeness (QED) is 0.557. The maximum absolute atomic E-state index is 13.1. The lowest BCUT2D eigenvalue weighted by molar-refractivity contribution is 0.0706. The molecule has 4 rings (SSSR count). The number of amides is 1. The number of nitrogens with one attached hydrogen (secondary N) is 1. The van der Waals surface area contributed by atoms with Gasteiger partial charge >= 0.3 is 0 Å². The van der Waals surface area contributed by atoms with Gasteiger partial charge in [0.05, 0.1) is 19.3 Å². The van der Waals surface area contributed by atoms with E-state index in [-0.39, 0.29) is 24.8 Å². The lowest BCUT2D eigenvalue weighted by atomic mass is 9.95. The van der Waals surface area contributed by atoms with Crippen LogP contribution in [0.15, 0.2) is 36.4 Å². The van der Waals surface area contributed by atoms with Crippen molar-refractivity contribution >= 4 is 17.5 Å². The van der Waals surface area contributed by atoms with Crippen LogP contribution in [0.4, 0.5) is 0 Å². The summed E-state index contributed by atoms with van der Waals surface area (Å²) < 4.78 is 5.63. The minimum Gasteiger partial charge on any atom is -0.507 e. The highest BCUT2D eigenvalue weighted by atomic mass is 35.5. The summed E-state index contributed by atoms with van der Waals surface area (Å²) in [4.78, 5) is 14.6. The molecule has 0 saturated heterocycles. The van der Waals surface area contributed by atoms with E-state index >= 15 is 0 Å². The molecule has 30 heavy (non-hydrogen) atoms. The fraction of sp³-hybridized carbons (Fsp3) is 0.273. The first-order chi connectivity index (χ1) is 14.5. The maximum atomic E-state index is 13.1. The van der Waals surface area contributed by atoms with E-state index in [0.29, 0.717) is 39.9 Å². The molecule has 0 unspecified atom stereocenters. The van der Waals surface area contributed by atoms with Gasteiger partial charge in [-0.2, -0.15) is 5.10 Å². The Labute approximate surface area is 178 Å². The fourth-order valence-electron chi connectivity index (χ4n) is 3.88. The standard InChI is InChI=1S/C22H22ClN3O4/c1-3-30-14-6-4-5-13(10-14)21-18-19(15-11-16(23)12(2)9-17(15)28)24-25-20(18)22(29)26(21)7-8-27/h4-6,9-11,21,27-28H,3,7-8H2,1-2H3,(H,24,25)/t21-/m1/s1. The minimum absolute atomic E-state index is 0.0288. The number of rotatable bonds is 6. The van der Waals surface area contributed by atoms with Gasteiger partial charge in [-0.3, -0.25) is 9.89 Å². The van der Waals surface area contributed by atoms with Crippen LogP contribution in [-0.2, 0) is 0 Å². The van der Waals surface area contributed by atoms with Gasteiger partial charge in [-0.05, 0) is 49.2 Å². The lowest BCUT2D eigenvalue weighted by Crippen LogP contribution is -2.32. The average molecular weight is 428 g/mol. The molecule has 156 valence electrons. The number of hydrogen-bond acceptors (Lipinski definition) is 5. The average Bonchev–Trinajstić information content (AvgIpc) is 3.25. The zero-order valence-electron chi connectivity index (χ0n) is 16.6. The van der Waals surface area contributed by atoms with Crippen LogP contribution in [0.1, 0.15) is 40.1 Å². The summed E-state index contributed by atoms with van der Waals surface area (Å²) in [6.45, 7) is 4.20. The van der Waals surface area contributed by atoms with Gasteiger partial charge in [-0.15, -0.1) is 0 Å². The number of halogens is 1. The summed E-state index contributed by atoms with van der Waals surface area (Å²) in [5.41, 5.74) is 3.42. The largest absolute Gasteiger partial charge is 0.507 e. The third kappa shape index (κ3) is 3.30. The second-order valence-electron chi connectivity index (χ2n) is 7.11. The molecule has 0 radical (unpaired) electrons. The molecule has 1 aliphatic rings. The van der Waals surface area contributed by atoms with E-state index in [4.69, 9.17) is 16.3 Å². The molecule has 1 atom stereocenters. The van der Waals surface area contributed by atoms with Crippen LogP contribution in [0.2, 0.25) is 5.02 Å². The molecular formula is C22H22ClN3O4. The van der Waals surface area contributed by atoms with Crippen molar-refractivity contribution in [3.05, 3.63) is 63.8 Å². The topological polar surface area (TPSA) is 98.7 Å². The Hall–Kier alpha value is -3.03. The first-order valence-electron chi connectivity index (χ1n) is 9.68. The third-order valence-corrected chi connectivity index (χ3v) is 5.63. The van der Waals surface area contributed by atoms with E-state index < -0.39 is 6.04 Å². The van der Waals surface area contributed by atoms with Crippen molar-refractivity contribution < 1.29 is 19.7 Å². The van der Waals surface area contributed by atoms with Gasteiger partial charge < -0.3 is 19.8 Å². The summed E-state index contributed by atoms with van der Waals surface area (Å²) in [6, 6.07) is 10.2. The van der Waals surface area contributed by atoms with Crippen LogP contribution in [0.25, 0.3) is 11.3 Å². The first-order valence-corrected chi connectivity index (χ1v) is 10.1. The number of H-pyrrole nitrogens is 1. The van der Waals surface area contributed by atoms with Gasteiger partial charge in [-0.1, -0.05) is 23.7 Å². The number of carbonyl (C=O) groups is 1. The van der Waals surface area contributed by atoms with Crippen LogP contribution in [0, 0.1) is 6.92 Å². The summed E-state index contributed by atoms with van der Waals surface area (Å²) >= 11 is 6.29. The van der Waals surface area contributed by atoms with Gasteiger partial charge in [0.2, 0.25) is 0 Å². The number of phenolic OH excluding ortho intramolecular Hbond substituents is 1. The maximum Gasteiger partial charge on any atom is 0.273 e. The number of aliphatic hydroxyl groups is 1. The van der Waals surface area contributed by atoms with Crippen LogP contribution < -0.4 is 4.74 Å². The lowest BCUT2D eigenvalue weighted by Gasteiger charge is -2.26. The van der Waals surface area contributed by atoms with E-state index in [1.54, 1.807) is 24.0 Å². The van der Waals surface area contributed by atoms with Crippen molar-refractivity contribution in [1.82, 2.24) is 15.1 Å². The molecule has 8 heteroatoms. The summed E-state index contributed by atoms with van der Waals surface area (Å²) in [7, 11) is 0. The zero-order chi connectivity index (χ0) is 21.4. The second kappa shape index (κ2) is 8.01. The van der Waals surface area contributed by atoms with Crippen LogP contribution in [0.5, 0.6) is 11.5 Å². The SMILES string of the molecule is CCOc1cccc([C@@H]2c3c(-c4cc(Cl)c(C)cc4O)n[nH]c3C(=O)N2CCO)c1. The predicted molar refractivity (Wildman–Crippen MR) is 113 cm³/mol. The summed E-state index contributed by atoms with van der Waals surface area (Å²) in [6.07, 6.45) is 0. The number of aromatic hydroxyl groups is 1. The van der Waals surface area contributed by atoms with Gasteiger partial charge in [-0.25, -0.2) is 0 Å². The zero-order valence-corrected chi connectivity index (χ0v) is 17.4. The number of aromatic amines is 1. The minimum atomic E-state index is -0.492. The van der Waals surface area contributed by atoms with Crippen molar-refractivity contribution in [3.63, 3.8) is 0 Å². The van der Waals surface area contributed by atoms with Gasteiger partial charge in [0.1, 0.15) is 22.9 Å². The Kier molecular flexibility index (Phi) is 5.40. The number of ether oxygens (including phenoxy) is 1. The molecule has 3 aromatic rings. The number of aromatic nitrogens is 2. The van der Waals surface area contributed by atoms with Crippen molar-refractivity contribution in [2.75, 3.05) is 19.8 Å². The molecule has 3 N–H and O–H groups in total. The Bertz CT molecular complexity index is 1110. The normalized spacial score (nSPS) is 15.5. The molecule has 2 aromatic carbocycles. The van der Waals surface area contributed by atoms with E-state index in [1.807, 2.05) is 31.2 Å². The van der Waals surface area contributed by atoms with Gasteiger partial charge in [0.25, 0.3) is 5.91 Å². The molecule has 2 heterocycles. The van der Waals surface area contributed by atoms with Crippen LogP contribution in [0.3, 0.4) is 0 Å². The number of nitrogens with zero attached hydrogens (tertiary/aromatic N) is 2. The van der Waals surface area contributed by atoms with E-state index in [9.17, 15) is 15.0 Å².